The zero-order valence-electron chi connectivity index (χ0n) is 13.0. The van der Waals surface area contributed by atoms with Crippen molar-refractivity contribution in [2.75, 3.05) is 39.4 Å². The molecular weight excluding hydrogens is 296 g/mol. The second-order valence-corrected chi connectivity index (χ2v) is 7.95. The Labute approximate surface area is 136 Å². The summed E-state index contributed by atoms with van der Waals surface area (Å²) in [4.78, 5) is 17.2. The van der Waals surface area contributed by atoms with E-state index in [0.29, 0.717) is 11.3 Å². The molecule has 3 aliphatic rings. The second kappa shape index (κ2) is 5.95. The summed E-state index contributed by atoms with van der Waals surface area (Å²) in [6.07, 6.45) is 3.06. The predicted octanol–water partition coefficient (Wildman–Crippen LogP) is 2.21. The van der Waals surface area contributed by atoms with Crippen LogP contribution in [0.5, 0.6) is 0 Å². The van der Waals surface area contributed by atoms with Gasteiger partial charge >= 0.3 is 0 Å². The number of hydrogen-bond donors (Lipinski definition) is 0. The highest BCUT2D eigenvalue weighted by Crippen LogP contribution is 2.41. The van der Waals surface area contributed by atoms with Gasteiger partial charge in [-0.1, -0.05) is 0 Å². The zero-order chi connectivity index (χ0) is 15.0. The van der Waals surface area contributed by atoms with E-state index in [9.17, 15) is 4.79 Å². The lowest BCUT2D eigenvalue weighted by Gasteiger charge is -2.49. The molecule has 1 aromatic rings. The number of amides is 1. The number of carbonyl (C=O) groups is 1. The first kappa shape index (κ1) is 14.7. The summed E-state index contributed by atoms with van der Waals surface area (Å²) < 4.78 is 5.36. The Balaban J connectivity index is 1.28. The van der Waals surface area contributed by atoms with E-state index in [4.69, 9.17) is 4.74 Å². The van der Waals surface area contributed by atoms with Crippen LogP contribution in [0, 0.1) is 11.3 Å². The van der Waals surface area contributed by atoms with Gasteiger partial charge in [0.2, 0.25) is 5.91 Å². The Hall–Kier alpha value is -0.910. The van der Waals surface area contributed by atoms with Crippen LogP contribution in [0.25, 0.3) is 0 Å². The molecule has 120 valence electrons. The third-order valence-electron chi connectivity index (χ3n) is 5.44. The predicted molar refractivity (Wildman–Crippen MR) is 86.8 cm³/mol. The summed E-state index contributed by atoms with van der Waals surface area (Å²) in [5.74, 6) is 0.597. The molecule has 0 unspecified atom stereocenters. The zero-order valence-corrected chi connectivity index (χ0v) is 13.8. The van der Waals surface area contributed by atoms with Gasteiger partial charge in [-0.2, -0.15) is 11.3 Å². The van der Waals surface area contributed by atoms with Gasteiger partial charge in [-0.25, -0.2) is 0 Å². The van der Waals surface area contributed by atoms with Gasteiger partial charge < -0.3 is 9.64 Å². The van der Waals surface area contributed by atoms with Crippen LogP contribution in [0.15, 0.2) is 16.8 Å². The minimum atomic E-state index is 0.217. The van der Waals surface area contributed by atoms with Crippen molar-refractivity contribution in [2.24, 2.45) is 11.3 Å². The quantitative estimate of drug-likeness (QED) is 0.856. The average molecular weight is 320 g/mol. The lowest BCUT2D eigenvalue weighted by molar-refractivity contribution is -0.150. The van der Waals surface area contributed by atoms with Gasteiger partial charge in [-0.3, -0.25) is 9.69 Å². The summed E-state index contributed by atoms with van der Waals surface area (Å²) in [5.41, 5.74) is 1.81. The number of thiophene rings is 1. The molecule has 0 N–H and O–H groups in total. The number of likely N-dealkylation sites (tertiary alicyclic amines) is 2. The molecule has 0 atom stereocenters. The third-order valence-corrected chi connectivity index (χ3v) is 6.17. The van der Waals surface area contributed by atoms with Crippen molar-refractivity contribution in [3.8, 4) is 0 Å². The molecule has 3 aliphatic heterocycles. The molecule has 1 aromatic heterocycles. The number of hydrogen-bond acceptors (Lipinski definition) is 4. The van der Waals surface area contributed by atoms with Crippen LogP contribution < -0.4 is 0 Å². The molecule has 4 rings (SSSR count). The highest BCUT2D eigenvalue weighted by molar-refractivity contribution is 7.07. The second-order valence-electron chi connectivity index (χ2n) is 7.17. The highest BCUT2D eigenvalue weighted by Gasteiger charge is 2.49. The summed E-state index contributed by atoms with van der Waals surface area (Å²) in [5, 5.41) is 4.39. The normalized spacial score (nSPS) is 25.5. The molecule has 0 aromatic carbocycles. The van der Waals surface area contributed by atoms with Crippen molar-refractivity contribution in [1.82, 2.24) is 9.80 Å². The topological polar surface area (TPSA) is 32.8 Å². The molecular formula is C17H24N2O2S. The Morgan fingerprint density at radius 1 is 1.32 bits per heavy atom. The summed E-state index contributed by atoms with van der Waals surface area (Å²) in [6.45, 7) is 6.86. The maximum atomic E-state index is 12.5. The van der Waals surface area contributed by atoms with Gasteiger partial charge in [0, 0.05) is 50.7 Å². The van der Waals surface area contributed by atoms with Crippen molar-refractivity contribution in [3.05, 3.63) is 22.4 Å². The van der Waals surface area contributed by atoms with Gasteiger partial charge in [-0.15, -0.1) is 0 Å². The number of nitrogens with zero attached hydrogens (tertiary/aromatic N) is 2. The number of ether oxygens (including phenoxy) is 1. The molecule has 22 heavy (non-hydrogen) atoms. The van der Waals surface area contributed by atoms with Gasteiger partial charge in [0.05, 0.1) is 0 Å². The molecule has 0 bridgehead atoms. The number of rotatable bonds is 3. The fraction of sp³-hybridized carbons (Fsp3) is 0.706. The van der Waals surface area contributed by atoms with Crippen molar-refractivity contribution in [2.45, 2.75) is 25.8 Å². The maximum Gasteiger partial charge on any atom is 0.225 e. The molecule has 1 amide bonds. The summed E-state index contributed by atoms with van der Waals surface area (Å²) in [6, 6.07) is 2.22. The van der Waals surface area contributed by atoms with Crippen LogP contribution in [0.3, 0.4) is 0 Å². The monoisotopic (exact) mass is 320 g/mol. The standard InChI is InChI=1S/C17H24N2O2S/c20-16(15-1-6-21-7-2-15)19-12-17(13-19)4-5-18(11-17)9-14-3-8-22-10-14/h3,8,10,15H,1-2,4-7,9,11-13H2. The molecule has 0 aliphatic carbocycles. The van der Waals surface area contributed by atoms with Crippen molar-refractivity contribution in [3.63, 3.8) is 0 Å². The molecule has 0 saturated carbocycles. The Morgan fingerprint density at radius 3 is 2.86 bits per heavy atom. The Morgan fingerprint density at radius 2 is 2.14 bits per heavy atom. The molecule has 0 radical (unpaired) electrons. The van der Waals surface area contributed by atoms with Gasteiger partial charge in [0.1, 0.15) is 0 Å². The van der Waals surface area contributed by atoms with E-state index in [1.807, 2.05) is 0 Å². The summed E-state index contributed by atoms with van der Waals surface area (Å²) >= 11 is 1.77. The molecule has 3 fully saturated rings. The smallest absolute Gasteiger partial charge is 0.225 e. The van der Waals surface area contributed by atoms with Crippen molar-refractivity contribution in [1.29, 1.82) is 0 Å². The first-order valence-electron chi connectivity index (χ1n) is 8.34. The fourth-order valence-corrected chi connectivity index (χ4v) is 4.84. The van der Waals surface area contributed by atoms with E-state index >= 15 is 0 Å². The van der Waals surface area contributed by atoms with Gasteiger partial charge in [0.15, 0.2) is 0 Å². The summed E-state index contributed by atoms with van der Waals surface area (Å²) in [7, 11) is 0. The first-order chi connectivity index (χ1) is 10.7. The maximum absolute atomic E-state index is 12.5. The van der Waals surface area contributed by atoms with Gasteiger partial charge in [-0.05, 0) is 48.2 Å². The van der Waals surface area contributed by atoms with Crippen LogP contribution in [0.2, 0.25) is 0 Å². The Kier molecular flexibility index (Phi) is 3.96. The van der Waals surface area contributed by atoms with E-state index in [0.717, 1.165) is 52.2 Å². The Bertz CT molecular complexity index is 519. The molecule has 5 heteroatoms. The van der Waals surface area contributed by atoms with Gasteiger partial charge in [0.25, 0.3) is 0 Å². The number of carbonyl (C=O) groups excluding carboxylic acids is 1. The van der Waals surface area contributed by atoms with E-state index in [2.05, 4.69) is 26.6 Å². The van der Waals surface area contributed by atoms with Crippen LogP contribution in [0.4, 0.5) is 0 Å². The van der Waals surface area contributed by atoms with E-state index in [1.54, 1.807) is 11.3 Å². The lowest BCUT2D eigenvalue weighted by Crippen LogP contribution is -2.60. The average Bonchev–Trinajstić information content (AvgIpc) is 3.16. The minimum absolute atomic E-state index is 0.217. The van der Waals surface area contributed by atoms with Crippen molar-refractivity contribution >= 4 is 17.2 Å². The van der Waals surface area contributed by atoms with Crippen molar-refractivity contribution < 1.29 is 9.53 Å². The lowest BCUT2D eigenvalue weighted by atomic mass is 9.78. The molecule has 4 nitrogen and oxygen atoms in total. The SMILES string of the molecule is O=C(C1CCOCC1)N1CC2(CCN(Cc3ccsc3)C2)C1. The van der Waals surface area contributed by atoms with E-state index in [-0.39, 0.29) is 5.92 Å². The van der Waals surface area contributed by atoms with Crippen LogP contribution in [-0.2, 0) is 16.1 Å². The van der Waals surface area contributed by atoms with Crippen LogP contribution in [0.1, 0.15) is 24.8 Å². The molecule has 1 spiro atoms. The van der Waals surface area contributed by atoms with Crippen LogP contribution in [-0.4, -0.2) is 55.1 Å². The third kappa shape index (κ3) is 2.82. The fourth-order valence-electron chi connectivity index (χ4n) is 4.18. The molecule has 4 heterocycles. The largest absolute Gasteiger partial charge is 0.381 e. The van der Waals surface area contributed by atoms with E-state index in [1.165, 1.54) is 18.5 Å². The molecule has 3 saturated heterocycles. The van der Waals surface area contributed by atoms with E-state index < -0.39 is 0 Å². The first-order valence-corrected chi connectivity index (χ1v) is 9.28. The minimum Gasteiger partial charge on any atom is -0.381 e. The van der Waals surface area contributed by atoms with Crippen LogP contribution >= 0.6 is 11.3 Å². The highest BCUT2D eigenvalue weighted by atomic mass is 32.1.